The highest BCUT2D eigenvalue weighted by Gasteiger charge is 2.17. The molecule has 15 rings (SSSR count). The molecule has 348 valence electrons. The van der Waals surface area contributed by atoms with E-state index >= 15 is 0 Å². The summed E-state index contributed by atoms with van der Waals surface area (Å²) in [4.78, 5) is 10.8. The summed E-state index contributed by atoms with van der Waals surface area (Å²) in [5.74, 6) is 0. The Morgan fingerprint density at radius 2 is 0.680 bits per heavy atom. The van der Waals surface area contributed by atoms with Crippen LogP contribution in [0.2, 0.25) is 0 Å². The highest BCUT2D eigenvalue weighted by atomic mass is 15.0. The quantitative estimate of drug-likeness (QED) is 0.149. The molecule has 0 aliphatic carbocycles. The first kappa shape index (κ1) is 42.7. The lowest BCUT2D eigenvalue weighted by molar-refractivity contribution is 1.18. The molecular weight excluding hydrogens is 907 g/mol. The first-order valence-electron chi connectivity index (χ1n) is 25.7. The zero-order valence-corrected chi connectivity index (χ0v) is 40.8. The van der Waals surface area contributed by atoms with Crippen molar-refractivity contribution in [3.63, 3.8) is 0 Å². The Balaban J connectivity index is 0.782. The smallest absolute Gasteiger partial charge is 0.0979 e. The van der Waals surface area contributed by atoms with E-state index in [2.05, 4.69) is 271 Å². The van der Waals surface area contributed by atoms with Crippen molar-refractivity contribution in [3.05, 3.63) is 273 Å². The number of nitrogens with zero attached hydrogens (tertiary/aromatic N) is 3. The number of hydrogen-bond donors (Lipinski definition) is 0. The van der Waals surface area contributed by atoms with Crippen molar-refractivity contribution in [1.29, 1.82) is 0 Å². The predicted octanol–water partition coefficient (Wildman–Crippen LogP) is 19.3. The Labute approximate surface area is 433 Å². The van der Waals surface area contributed by atoms with Gasteiger partial charge in [-0.3, -0.25) is 4.98 Å². The van der Waals surface area contributed by atoms with Gasteiger partial charge in [0.25, 0.3) is 0 Å². The largest absolute Gasteiger partial charge is 0.309 e. The summed E-state index contributed by atoms with van der Waals surface area (Å²) in [6, 6.07) is 97.1. The molecule has 2 aromatic heterocycles. The summed E-state index contributed by atoms with van der Waals surface area (Å²) < 4.78 is 2.36. The molecule has 0 saturated heterocycles. The third-order valence-corrected chi connectivity index (χ3v) is 15.4. The van der Waals surface area contributed by atoms with Gasteiger partial charge in [0.1, 0.15) is 0 Å². The third kappa shape index (κ3) is 7.36. The minimum absolute atomic E-state index is 0.839. The standard InChI is InChI=1S/C72H45N3/c1-2-20-61(21-3-1)75-69-23-9-8-22-62(69)67-44-57(34-37-70(67)75)49-26-24-48(25-27-49)52-16-10-17-53(38-52)54-18-11-19-60(41-54)68-45-73-71-63-35-32-58(55-30-28-46-12-4-6-14-50(46)39-55)42-65(63)66-43-59(33-36-64(66)72(71)74-68)56-31-29-47-13-5-7-15-51(47)40-56/h1-45H. The number of fused-ring (bicyclic) bond motifs is 11. The van der Waals surface area contributed by atoms with Gasteiger partial charge >= 0.3 is 0 Å². The van der Waals surface area contributed by atoms with E-state index in [-0.39, 0.29) is 0 Å². The van der Waals surface area contributed by atoms with Crippen LogP contribution in [0, 0.1) is 0 Å². The van der Waals surface area contributed by atoms with Gasteiger partial charge in [0.05, 0.1) is 34.0 Å². The maximum absolute atomic E-state index is 5.50. The monoisotopic (exact) mass is 951 g/mol. The van der Waals surface area contributed by atoms with Crippen molar-refractivity contribution in [2.45, 2.75) is 0 Å². The van der Waals surface area contributed by atoms with Gasteiger partial charge in [0.15, 0.2) is 0 Å². The van der Waals surface area contributed by atoms with E-state index in [1.54, 1.807) is 0 Å². The normalized spacial score (nSPS) is 11.7. The Hall–Kier alpha value is -9.96. The fourth-order valence-corrected chi connectivity index (χ4v) is 11.6. The van der Waals surface area contributed by atoms with Gasteiger partial charge in [-0.05, 0) is 155 Å². The molecule has 0 aliphatic rings. The molecule has 15 aromatic rings. The molecule has 0 N–H and O–H groups in total. The zero-order valence-electron chi connectivity index (χ0n) is 40.8. The van der Waals surface area contributed by atoms with E-state index in [9.17, 15) is 0 Å². The van der Waals surface area contributed by atoms with Crippen LogP contribution in [0.1, 0.15) is 0 Å². The van der Waals surface area contributed by atoms with Crippen LogP contribution in [0.15, 0.2) is 273 Å². The molecule has 0 amide bonds. The molecule has 3 nitrogen and oxygen atoms in total. The Morgan fingerprint density at radius 1 is 0.240 bits per heavy atom. The number of rotatable bonds is 7. The van der Waals surface area contributed by atoms with Crippen LogP contribution in [0.5, 0.6) is 0 Å². The lowest BCUT2D eigenvalue weighted by Crippen LogP contribution is -1.93. The molecular formula is C72H45N3. The number of hydrogen-bond acceptors (Lipinski definition) is 2. The summed E-state index contributed by atoms with van der Waals surface area (Å²) in [7, 11) is 0. The minimum Gasteiger partial charge on any atom is -0.309 e. The molecule has 0 unspecified atom stereocenters. The van der Waals surface area contributed by atoms with Crippen molar-refractivity contribution in [2.75, 3.05) is 0 Å². The number of para-hydroxylation sites is 2. The molecule has 75 heavy (non-hydrogen) atoms. The molecule has 0 radical (unpaired) electrons. The average Bonchev–Trinajstić information content (AvgIpc) is 3.86. The van der Waals surface area contributed by atoms with Crippen molar-refractivity contribution < 1.29 is 0 Å². The molecule has 2 heterocycles. The van der Waals surface area contributed by atoms with Crippen LogP contribution >= 0.6 is 0 Å². The Kier molecular flexibility index (Phi) is 9.89. The van der Waals surface area contributed by atoms with Gasteiger partial charge in [-0.25, -0.2) is 4.98 Å². The van der Waals surface area contributed by atoms with Gasteiger partial charge in [0.2, 0.25) is 0 Å². The van der Waals surface area contributed by atoms with Gasteiger partial charge in [-0.1, -0.05) is 200 Å². The van der Waals surface area contributed by atoms with Crippen molar-refractivity contribution >= 4 is 75.9 Å². The maximum atomic E-state index is 5.50. The first-order chi connectivity index (χ1) is 37.1. The van der Waals surface area contributed by atoms with Gasteiger partial charge in [0, 0.05) is 32.8 Å². The summed E-state index contributed by atoms with van der Waals surface area (Å²) in [6.07, 6.45) is 1.95. The van der Waals surface area contributed by atoms with Crippen LogP contribution < -0.4 is 0 Å². The Bertz CT molecular complexity index is 4760. The highest BCUT2D eigenvalue weighted by Crippen LogP contribution is 2.41. The van der Waals surface area contributed by atoms with Crippen molar-refractivity contribution in [2.24, 2.45) is 0 Å². The SMILES string of the molecule is c1ccc(-n2c3ccccc3c3cc(-c4ccc(-c5cccc(-c6cccc(-c7cnc8c9ccc(-c%10ccc%11ccccc%11c%10)cc9c9cc(-c%10ccc%11ccccc%11c%10)ccc9c8n7)c6)c5)cc4)ccc32)cc1. The van der Waals surface area contributed by atoms with E-state index in [4.69, 9.17) is 9.97 Å². The molecule has 0 saturated carbocycles. The number of aromatic nitrogens is 3. The molecule has 0 atom stereocenters. The second-order valence-corrected chi connectivity index (χ2v) is 19.8. The molecule has 0 bridgehead atoms. The average molecular weight is 952 g/mol. The second kappa shape index (κ2) is 17.4. The van der Waals surface area contributed by atoms with E-state index in [0.29, 0.717) is 0 Å². The molecule has 0 spiro atoms. The van der Waals surface area contributed by atoms with E-state index in [1.807, 2.05) is 6.20 Å². The Morgan fingerprint density at radius 3 is 1.33 bits per heavy atom. The fourth-order valence-electron chi connectivity index (χ4n) is 11.6. The van der Waals surface area contributed by atoms with Crippen LogP contribution in [0.25, 0.3) is 149 Å². The summed E-state index contributed by atoms with van der Waals surface area (Å²) in [6.45, 7) is 0. The lowest BCUT2D eigenvalue weighted by atomic mass is 9.92. The van der Waals surface area contributed by atoms with Crippen molar-refractivity contribution in [3.8, 4) is 72.6 Å². The van der Waals surface area contributed by atoms with Gasteiger partial charge in [-0.2, -0.15) is 0 Å². The first-order valence-corrected chi connectivity index (χ1v) is 25.7. The van der Waals surface area contributed by atoms with Crippen LogP contribution in [-0.2, 0) is 0 Å². The third-order valence-electron chi connectivity index (χ3n) is 15.4. The minimum atomic E-state index is 0.839. The van der Waals surface area contributed by atoms with Gasteiger partial charge < -0.3 is 4.57 Å². The van der Waals surface area contributed by atoms with Crippen LogP contribution in [0.3, 0.4) is 0 Å². The van der Waals surface area contributed by atoms with Crippen LogP contribution in [-0.4, -0.2) is 14.5 Å². The van der Waals surface area contributed by atoms with E-state index in [0.717, 1.165) is 55.0 Å². The summed E-state index contributed by atoms with van der Waals surface area (Å²) >= 11 is 0. The fraction of sp³-hybridized carbons (Fsp3) is 0. The molecule has 13 aromatic carbocycles. The summed E-state index contributed by atoms with van der Waals surface area (Å²) in [5.41, 5.74) is 19.0. The van der Waals surface area contributed by atoms with E-state index in [1.165, 1.54) is 93.5 Å². The van der Waals surface area contributed by atoms with E-state index < -0.39 is 0 Å². The highest BCUT2D eigenvalue weighted by molar-refractivity contribution is 6.24. The predicted molar refractivity (Wildman–Crippen MR) is 317 cm³/mol. The molecule has 3 heteroatoms. The topological polar surface area (TPSA) is 30.7 Å². The second-order valence-electron chi connectivity index (χ2n) is 19.8. The maximum Gasteiger partial charge on any atom is 0.0979 e. The van der Waals surface area contributed by atoms with Gasteiger partial charge in [-0.15, -0.1) is 0 Å². The lowest BCUT2D eigenvalue weighted by Gasteiger charge is -2.14. The molecule has 0 fully saturated rings. The van der Waals surface area contributed by atoms with Crippen LogP contribution in [0.4, 0.5) is 0 Å². The zero-order chi connectivity index (χ0) is 49.4. The molecule has 0 aliphatic heterocycles. The number of benzene rings is 13. The van der Waals surface area contributed by atoms with Crippen molar-refractivity contribution in [1.82, 2.24) is 14.5 Å². The summed E-state index contributed by atoms with van der Waals surface area (Å²) in [5, 5.41) is 11.9.